The van der Waals surface area contributed by atoms with Crippen molar-refractivity contribution in [3.05, 3.63) is 23.9 Å². The van der Waals surface area contributed by atoms with Crippen LogP contribution in [0.5, 0.6) is 0 Å². The lowest BCUT2D eigenvalue weighted by Gasteiger charge is -2.39. The number of aromatic nitrogens is 1. The zero-order valence-electron chi connectivity index (χ0n) is 12.8. The van der Waals surface area contributed by atoms with E-state index < -0.39 is 0 Å². The van der Waals surface area contributed by atoms with Gasteiger partial charge >= 0.3 is 6.03 Å². The summed E-state index contributed by atoms with van der Waals surface area (Å²) >= 11 is 0. The first kappa shape index (κ1) is 15.1. The molecule has 6 nitrogen and oxygen atoms in total. The number of piperidine rings is 1. The Hall–Kier alpha value is -2.29. The Balaban J connectivity index is 2.10. The summed E-state index contributed by atoms with van der Waals surface area (Å²) in [4.78, 5) is 21.9. The lowest BCUT2D eigenvalue weighted by molar-refractivity contribution is 0.157. The monoisotopic (exact) mass is 287 g/mol. The molecule has 1 saturated heterocycles. The highest BCUT2D eigenvalue weighted by Crippen LogP contribution is 2.21. The van der Waals surface area contributed by atoms with Gasteiger partial charge in [-0.15, -0.1) is 0 Å². The maximum absolute atomic E-state index is 12.1. The van der Waals surface area contributed by atoms with Crippen molar-refractivity contribution in [2.45, 2.75) is 18.9 Å². The largest absolute Gasteiger partial charge is 0.355 e. The summed E-state index contributed by atoms with van der Waals surface area (Å²) in [6.07, 6.45) is 3.66. The van der Waals surface area contributed by atoms with Crippen LogP contribution in [-0.4, -0.2) is 61.1 Å². The van der Waals surface area contributed by atoms with Crippen LogP contribution in [0.15, 0.2) is 18.3 Å². The van der Waals surface area contributed by atoms with Gasteiger partial charge in [-0.2, -0.15) is 5.26 Å². The maximum Gasteiger partial charge on any atom is 0.319 e. The number of carbonyl (C=O) groups excluding carboxylic acids is 1. The van der Waals surface area contributed by atoms with Gasteiger partial charge in [-0.1, -0.05) is 0 Å². The number of nitrogens with zero attached hydrogens (tertiary/aromatic N) is 5. The third-order valence-corrected chi connectivity index (χ3v) is 3.83. The first-order valence-corrected chi connectivity index (χ1v) is 7.08. The summed E-state index contributed by atoms with van der Waals surface area (Å²) in [6, 6.07) is 5.82. The highest BCUT2D eigenvalue weighted by Gasteiger charge is 2.27. The summed E-state index contributed by atoms with van der Waals surface area (Å²) < 4.78 is 0. The highest BCUT2D eigenvalue weighted by molar-refractivity contribution is 5.74. The minimum absolute atomic E-state index is 0.0144. The van der Waals surface area contributed by atoms with Crippen molar-refractivity contribution >= 4 is 11.8 Å². The Bertz CT molecular complexity index is 551. The van der Waals surface area contributed by atoms with E-state index >= 15 is 0 Å². The Morgan fingerprint density at radius 3 is 2.90 bits per heavy atom. The summed E-state index contributed by atoms with van der Waals surface area (Å²) in [5.41, 5.74) is 0.611. The smallest absolute Gasteiger partial charge is 0.319 e. The zero-order chi connectivity index (χ0) is 15.4. The average molecular weight is 287 g/mol. The average Bonchev–Trinajstić information content (AvgIpc) is 2.53. The van der Waals surface area contributed by atoms with Crippen molar-refractivity contribution < 1.29 is 4.79 Å². The molecular weight excluding hydrogens is 266 g/mol. The SMILES string of the molecule is CN(C)C(=O)N(C)C1CCCN(c2cc(C#N)ccn2)C1. The second kappa shape index (κ2) is 6.44. The number of nitriles is 1. The molecule has 1 aliphatic heterocycles. The van der Waals surface area contributed by atoms with Crippen LogP contribution in [0.4, 0.5) is 10.6 Å². The van der Waals surface area contributed by atoms with Crippen LogP contribution in [0, 0.1) is 11.3 Å². The number of carbonyl (C=O) groups is 1. The molecule has 21 heavy (non-hydrogen) atoms. The summed E-state index contributed by atoms with van der Waals surface area (Å²) in [6.45, 7) is 1.65. The Morgan fingerprint density at radius 2 is 2.24 bits per heavy atom. The Morgan fingerprint density at radius 1 is 1.48 bits per heavy atom. The molecule has 112 valence electrons. The summed E-state index contributed by atoms with van der Waals surface area (Å²) in [7, 11) is 5.37. The number of anilines is 1. The van der Waals surface area contributed by atoms with Gasteiger partial charge in [-0.3, -0.25) is 0 Å². The van der Waals surface area contributed by atoms with E-state index in [9.17, 15) is 4.79 Å². The Labute approximate surface area is 125 Å². The van der Waals surface area contributed by atoms with Crippen molar-refractivity contribution in [3.63, 3.8) is 0 Å². The predicted molar refractivity (Wildman–Crippen MR) is 81.0 cm³/mol. The molecule has 0 saturated carbocycles. The van der Waals surface area contributed by atoms with Gasteiger partial charge in [0, 0.05) is 40.4 Å². The van der Waals surface area contributed by atoms with Gasteiger partial charge in [0.1, 0.15) is 5.82 Å². The number of likely N-dealkylation sites (N-methyl/N-ethyl adjacent to an activating group) is 1. The molecule has 2 heterocycles. The Kier molecular flexibility index (Phi) is 4.63. The molecular formula is C15H21N5O. The van der Waals surface area contributed by atoms with Crippen LogP contribution in [0.25, 0.3) is 0 Å². The molecule has 0 radical (unpaired) electrons. The fourth-order valence-corrected chi connectivity index (χ4v) is 2.61. The molecule has 0 bridgehead atoms. The van der Waals surface area contributed by atoms with Crippen molar-refractivity contribution in [2.75, 3.05) is 39.1 Å². The molecule has 0 aromatic carbocycles. The van der Waals surface area contributed by atoms with Gasteiger partial charge in [-0.25, -0.2) is 9.78 Å². The van der Waals surface area contributed by atoms with Crippen LogP contribution in [0.2, 0.25) is 0 Å². The van der Waals surface area contributed by atoms with Crippen LogP contribution in [-0.2, 0) is 0 Å². The molecule has 2 amide bonds. The van der Waals surface area contributed by atoms with Crippen LogP contribution in [0.1, 0.15) is 18.4 Å². The summed E-state index contributed by atoms with van der Waals surface area (Å²) in [5.74, 6) is 0.810. The van der Waals surface area contributed by atoms with Crippen LogP contribution >= 0.6 is 0 Å². The molecule has 1 unspecified atom stereocenters. The van der Waals surface area contributed by atoms with E-state index in [0.717, 1.165) is 31.7 Å². The van der Waals surface area contributed by atoms with E-state index in [1.165, 1.54) is 0 Å². The van der Waals surface area contributed by atoms with E-state index in [1.807, 2.05) is 7.05 Å². The molecule has 0 spiro atoms. The number of pyridine rings is 1. The van der Waals surface area contributed by atoms with Crippen molar-refractivity contribution in [1.29, 1.82) is 5.26 Å². The van der Waals surface area contributed by atoms with E-state index in [4.69, 9.17) is 5.26 Å². The second-order valence-corrected chi connectivity index (χ2v) is 5.54. The molecule has 1 aliphatic rings. The lowest BCUT2D eigenvalue weighted by Crippen LogP contribution is -2.51. The topological polar surface area (TPSA) is 63.5 Å². The third-order valence-electron chi connectivity index (χ3n) is 3.83. The van der Waals surface area contributed by atoms with Gasteiger partial charge in [0.2, 0.25) is 0 Å². The number of hydrogen-bond acceptors (Lipinski definition) is 4. The molecule has 0 N–H and O–H groups in total. The van der Waals surface area contributed by atoms with Crippen molar-refractivity contribution in [2.24, 2.45) is 0 Å². The first-order chi connectivity index (χ1) is 10.0. The maximum atomic E-state index is 12.1. The molecule has 1 aromatic rings. The van der Waals surface area contributed by atoms with Crippen molar-refractivity contribution in [3.8, 4) is 6.07 Å². The fourth-order valence-electron chi connectivity index (χ4n) is 2.61. The van der Waals surface area contributed by atoms with E-state index in [0.29, 0.717) is 5.56 Å². The molecule has 1 aromatic heterocycles. The van der Waals surface area contributed by atoms with E-state index in [-0.39, 0.29) is 12.1 Å². The minimum Gasteiger partial charge on any atom is -0.355 e. The lowest BCUT2D eigenvalue weighted by atomic mass is 10.0. The van der Waals surface area contributed by atoms with Crippen LogP contribution < -0.4 is 4.90 Å². The van der Waals surface area contributed by atoms with Gasteiger partial charge in [0.25, 0.3) is 0 Å². The molecule has 2 rings (SSSR count). The molecule has 0 aliphatic carbocycles. The minimum atomic E-state index is 0.0144. The molecule has 1 atom stereocenters. The molecule has 6 heteroatoms. The zero-order valence-corrected chi connectivity index (χ0v) is 12.8. The van der Waals surface area contributed by atoms with Gasteiger partial charge in [0.15, 0.2) is 0 Å². The number of rotatable bonds is 2. The van der Waals surface area contributed by atoms with Crippen molar-refractivity contribution in [1.82, 2.24) is 14.8 Å². The molecule has 1 fully saturated rings. The van der Waals surface area contributed by atoms with Gasteiger partial charge < -0.3 is 14.7 Å². The quantitative estimate of drug-likeness (QED) is 0.827. The fraction of sp³-hybridized carbons (Fsp3) is 0.533. The highest BCUT2D eigenvalue weighted by atomic mass is 16.2. The normalized spacial score (nSPS) is 18.0. The first-order valence-electron chi connectivity index (χ1n) is 7.08. The number of amides is 2. The predicted octanol–water partition coefficient (Wildman–Crippen LogP) is 1.54. The standard InChI is InChI=1S/C15H21N5O/c1-18(2)15(21)19(3)13-5-4-8-20(11-13)14-9-12(10-16)6-7-17-14/h6-7,9,13H,4-5,8,11H2,1-3H3. The van der Waals surface area contributed by atoms with Crippen LogP contribution in [0.3, 0.4) is 0 Å². The third kappa shape index (κ3) is 3.43. The van der Waals surface area contributed by atoms with E-state index in [1.54, 1.807) is 42.2 Å². The number of hydrogen-bond donors (Lipinski definition) is 0. The van der Waals surface area contributed by atoms with E-state index in [2.05, 4.69) is 16.0 Å². The summed E-state index contributed by atoms with van der Waals surface area (Å²) in [5, 5.41) is 8.98. The van der Waals surface area contributed by atoms with Gasteiger partial charge in [0.05, 0.1) is 17.7 Å². The second-order valence-electron chi connectivity index (χ2n) is 5.54. The number of urea groups is 1. The van der Waals surface area contributed by atoms with Gasteiger partial charge in [-0.05, 0) is 25.0 Å².